The van der Waals surface area contributed by atoms with E-state index in [0.29, 0.717) is 19.0 Å². The first-order chi connectivity index (χ1) is 11.2. The lowest BCUT2D eigenvalue weighted by molar-refractivity contribution is -0.132. The molecule has 2 amide bonds. The van der Waals surface area contributed by atoms with Crippen molar-refractivity contribution >= 4 is 17.9 Å². The van der Waals surface area contributed by atoms with Gasteiger partial charge in [-0.05, 0) is 43.2 Å². The molecule has 0 unspecified atom stereocenters. The van der Waals surface area contributed by atoms with Gasteiger partial charge in [-0.2, -0.15) is 0 Å². The Morgan fingerprint density at radius 3 is 2.43 bits per heavy atom. The zero-order valence-corrected chi connectivity index (χ0v) is 13.4. The summed E-state index contributed by atoms with van der Waals surface area (Å²) in [6.07, 6.45) is 7.50. The molecule has 1 N–H and O–H groups in total. The summed E-state index contributed by atoms with van der Waals surface area (Å²) in [5, 5.41) is 3.05. The number of amides is 2. The predicted octanol–water partition coefficient (Wildman–Crippen LogP) is 2.46. The van der Waals surface area contributed by atoms with Gasteiger partial charge in [0.2, 0.25) is 11.8 Å². The minimum absolute atomic E-state index is 0.0330. The van der Waals surface area contributed by atoms with E-state index < -0.39 is 0 Å². The summed E-state index contributed by atoms with van der Waals surface area (Å²) in [7, 11) is 0. The highest BCUT2D eigenvalue weighted by Crippen LogP contribution is 2.28. The maximum absolute atomic E-state index is 12.2. The van der Waals surface area contributed by atoms with E-state index in [4.69, 9.17) is 0 Å². The van der Waals surface area contributed by atoms with Gasteiger partial charge in [0.25, 0.3) is 0 Å². The summed E-state index contributed by atoms with van der Waals surface area (Å²) in [5.74, 6) is 0.981. The molecule has 0 spiro atoms. The second kappa shape index (κ2) is 7.44. The monoisotopic (exact) mass is 312 g/mol. The smallest absolute Gasteiger partial charge is 0.246 e. The standard InChI is InChI=1S/C19H24N2O2/c22-18(9-8-15-4-2-1-3-5-15)21-12-10-17(11-13-21)19(23)20-14-16-6-7-16/h1-5,8-9,16-17H,6-7,10-14H2,(H,20,23)/b9-8+. The molecule has 1 saturated heterocycles. The van der Waals surface area contributed by atoms with Crippen molar-refractivity contribution in [3.8, 4) is 0 Å². The van der Waals surface area contributed by atoms with E-state index in [1.165, 1.54) is 12.8 Å². The Kier molecular flexibility index (Phi) is 5.11. The Labute approximate surface area is 137 Å². The normalized spacial score (nSPS) is 19.0. The molecular formula is C19H24N2O2. The third kappa shape index (κ3) is 4.68. The van der Waals surface area contributed by atoms with Crippen LogP contribution in [-0.4, -0.2) is 36.3 Å². The van der Waals surface area contributed by atoms with E-state index in [2.05, 4.69) is 5.32 Å². The molecule has 1 heterocycles. The van der Waals surface area contributed by atoms with Crippen LogP contribution in [0, 0.1) is 11.8 Å². The van der Waals surface area contributed by atoms with Crippen molar-refractivity contribution < 1.29 is 9.59 Å². The van der Waals surface area contributed by atoms with Crippen LogP contribution in [0.1, 0.15) is 31.2 Å². The van der Waals surface area contributed by atoms with Crippen LogP contribution in [0.4, 0.5) is 0 Å². The summed E-state index contributed by atoms with van der Waals surface area (Å²) in [6, 6.07) is 9.81. The van der Waals surface area contributed by atoms with Crippen LogP contribution in [0.3, 0.4) is 0 Å². The molecular weight excluding hydrogens is 288 g/mol. The van der Waals surface area contributed by atoms with Crippen molar-refractivity contribution in [2.24, 2.45) is 11.8 Å². The number of nitrogens with zero attached hydrogens (tertiary/aromatic N) is 1. The first-order valence-electron chi connectivity index (χ1n) is 8.52. The molecule has 4 heteroatoms. The zero-order chi connectivity index (χ0) is 16.1. The second-order valence-corrected chi connectivity index (χ2v) is 6.53. The number of hydrogen-bond donors (Lipinski definition) is 1. The Morgan fingerprint density at radius 1 is 1.09 bits per heavy atom. The average Bonchev–Trinajstić information content (AvgIpc) is 3.43. The first-order valence-corrected chi connectivity index (χ1v) is 8.52. The topological polar surface area (TPSA) is 49.4 Å². The van der Waals surface area contributed by atoms with Gasteiger partial charge < -0.3 is 10.2 Å². The molecule has 2 aliphatic rings. The fraction of sp³-hybridized carbons (Fsp3) is 0.474. The number of carbonyl (C=O) groups is 2. The molecule has 2 fully saturated rings. The molecule has 1 saturated carbocycles. The van der Waals surface area contributed by atoms with E-state index in [-0.39, 0.29) is 17.7 Å². The van der Waals surface area contributed by atoms with Crippen LogP contribution < -0.4 is 5.32 Å². The van der Waals surface area contributed by atoms with E-state index >= 15 is 0 Å². The minimum atomic E-state index is 0.0330. The van der Waals surface area contributed by atoms with Gasteiger partial charge in [0.05, 0.1) is 0 Å². The highest BCUT2D eigenvalue weighted by molar-refractivity contribution is 5.92. The largest absolute Gasteiger partial charge is 0.356 e. The van der Waals surface area contributed by atoms with Crippen LogP contribution in [0.25, 0.3) is 6.08 Å². The van der Waals surface area contributed by atoms with E-state index in [1.807, 2.05) is 41.3 Å². The third-order valence-electron chi connectivity index (χ3n) is 4.66. The first kappa shape index (κ1) is 15.8. The number of nitrogens with one attached hydrogen (secondary N) is 1. The van der Waals surface area contributed by atoms with Crippen molar-refractivity contribution in [2.75, 3.05) is 19.6 Å². The van der Waals surface area contributed by atoms with Crippen LogP contribution in [0.2, 0.25) is 0 Å². The number of benzene rings is 1. The van der Waals surface area contributed by atoms with Gasteiger partial charge in [0.15, 0.2) is 0 Å². The van der Waals surface area contributed by atoms with Crippen molar-refractivity contribution in [1.82, 2.24) is 10.2 Å². The van der Waals surface area contributed by atoms with Crippen LogP contribution >= 0.6 is 0 Å². The molecule has 0 radical (unpaired) electrons. The Bertz CT molecular complexity index is 570. The number of likely N-dealkylation sites (tertiary alicyclic amines) is 1. The molecule has 122 valence electrons. The number of carbonyl (C=O) groups excluding carboxylic acids is 2. The predicted molar refractivity (Wildman–Crippen MR) is 90.5 cm³/mol. The van der Waals surface area contributed by atoms with Crippen molar-refractivity contribution in [2.45, 2.75) is 25.7 Å². The molecule has 3 rings (SSSR count). The summed E-state index contributed by atoms with van der Waals surface area (Å²) < 4.78 is 0. The molecule has 1 aliphatic heterocycles. The van der Waals surface area contributed by atoms with Gasteiger partial charge in [-0.25, -0.2) is 0 Å². The summed E-state index contributed by atoms with van der Waals surface area (Å²) >= 11 is 0. The lowest BCUT2D eigenvalue weighted by Gasteiger charge is -2.30. The lowest BCUT2D eigenvalue weighted by Crippen LogP contribution is -2.42. The second-order valence-electron chi connectivity index (χ2n) is 6.53. The molecule has 1 aliphatic carbocycles. The fourth-order valence-electron chi connectivity index (χ4n) is 2.91. The van der Waals surface area contributed by atoms with Crippen molar-refractivity contribution in [1.29, 1.82) is 0 Å². The lowest BCUT2D eigenvalue weighted by atomic mass is 9.95. The Balaban J connectivity index is 1.43. The van der Waals surface area contributed by atoms with Crippen LogP contribution in [-0.2, 0) is 9.59 Å². The van der Waals surface area contributed by atoms with Crippen molar-refractivity contribution in [3.05, 3.63) is 42.0 Å². The highest BCUT2D eigenvalue weighted by atomic mass is 16.2. The fourth-order valence-corrected chi connectivity index (χ4v) is 2.91. The molecule has 0 atom stereocenters. The third-order valence-corrected chi connectivity index (χ3v) is 4.66. The molecule has 0 aromatic heterocycles. The molecule has 23 heavy (non-hydrogen) atoms. The SMILES string of the molecule is O=C(NCC1CC1)C1CCN(C(=O)/C=C/c2ccccc2)CC1. The average molecular weight is 312 g/mol. The molecule has 0 bridgehead atoms. The maximum atomic E-state index is 12.2. The van der Waals surface area contributed by atoms with E-state index in [1.54, 1.807) is 6.08 Å². The number of piperidine rings is 1. The van der Waals surface area contributed by atoms with Gasteiger partial charge in [-0.1, -0.05) is 30.3 Å². The summed E-state index contributed by atoms with van der Waals surface area (Å²) in [5.41, 5.74) is 1.02. The van der Waals surface area contributed by atoms with Gasteiger partial charge >= 0.3 is 0 Å². The van der Waals surface area contributed by atoms with Crippen LogP contribution in [0.15, 0.2) is 36.4 Å². The summed E-state index contributed by atoms with van der Waals surface area (Å²) in [6.45, 7) is 2.16. The Hall–Kier alpha value is -2.10. The summed E-state index contributed by atoms with van der Waals surface area (Å²) in [4.78, 5) is 26.1. The van der Waals surface area contributed by atoms with Gasteiger partial charge in [0, 0.05) is 31.6 Å². The Morgan fingerprint density at radius 2 is 1.78 bits per heavy atom. The highest BCUT2D eigenvalue weighted by Gasteiger charge is 2.28. The maximum Gasteiger partial charge on any atom is 0.246 e. The molecule has 1 aromatic carbocycles. The van der Waals surface area contributed by atoms with Gasteiger partial charge in [-0.15, -0.1) is 0 Å². The van der Waals surface area contributed by atoms with Crippen molar-refractivity contribution in [3.63, 3.8) is 0 Å². The van der Waals surface area contributed by atoms with Crippen LogP contribution in [0.5, 0.6) is 0 Å². The zero-order valence-electron chi connectivity index (χ0n) is 13.4. The molecule has 1 aromatic rings. The quantitative estimate of drug-likeness (QED) is 0.849. The van der Waals surface area contributed by atoms with Gasteiger partial charge in [0.1, 0.15) is 0 Å². The minimum Gasteiger partial charge on any atom is -0.356 e. The van der Waals surface area contributed by atoms with E-state index in [0.717, 1.165) is 24.9 Å². The molecule has 4 nitrogen and oxygen atoms in total. The van der Waals surface area contributed by atoms with E-state index in [9.17, 15) is 9.59 Å². The number of rotatable bonds is 5. The van der Waals surface area contributed by atoms with Gasteiger partial charge in [-0.3, -0.25) is 9.59 Å². The number of hydrogen-bond acceptors (Lipinski definition) is 2.